The Balaban J connectivity index is 1.19. The Kier molecular flexibility index (Phi) is 5.78. The third-order valence-electron chi connectivity index (χ3n) is 7.54. The highest BCUT2D eigenvalue weighted by molar-refractivity contribution is 7.91. The van der Waals surface area contributed by atoms with Crippen LogP contribution in [0.5, 0.6) is 5.75 Å². The number of benzene rings is 1. The first-order valence-corrected chi connectivity index (χ1v) is 13.6. The van der Waals surface area contributed by atoms with E-state index in [1.807, 2.05) is 0 Å². The quantitative estimate of drug-likeness (QED) is 0.761. The molecule has 170 valence electrons. The first-order valence-electron chi connectivity index (χ1n) is 11.8. The number of piperidine rings is 1. The predicted octanol–water partition coefficient (Wildman–Crippen LogP) is 3.54. The van der Waals surface area contributed by atoms with Gasteiger partial charge in [0.2, 0.25) is 0 Å². The van der Waals surface area contributed by atoms with Crippen LogP contribution in [0.2, 0.25) is 0 Å². The topological polar surface area (TPSA) is 71.8 Å². The highest BCUT2D eigenvalue weighted by atomic mass is 32.2. The van der Waals surface area contributed by atoms with Gasteiger partial charge in [0, 0.05) is 37.3 Å². The molecule has 1 aliphatic carbocycles. The lowest BCUT2D eigenvalue weighted by Gasteiger charge is -2.39. The van der Waals surface area contributed by atoms with E-state index < -0.39 is 15.4 Å². The molecule has 1 N–H and O–H groups in total. The van der Waals surface area contributed by atoms with Gasteiger partial charge in [0.1, 0.15) is 11.9 Å². The summed E-state index contributed by atoms with van der Waals surface area (Å²) in [5.41, 5.74) is 0.407. The summed E-state index contributed by atoms with van der Waals surface area (Å²) in [6.45, 7) is 2.31. The Morgan fingerprint density at radius 1 is 1.03 bits per heavy atom. The second-order valence-corrected chi connectivity index (χ2v) is 12.1. The van der Waals surface area contributed by atoms with Crippen molar-refractivity contribution in [3.8, 4) is 5.75 Å². The van der Waals surface area contributed by atoms with E-state index in [1.165, 1.54) is 36.6 Å². The predicted molar refractivity (Wildman–Crippen MR) is 122 cm³/mol. The zero-order valence-corrected chi connectivity index (χ0v) is 19.0. The highest BCUT2D eigenvalue weighted by Gasteiger charge is 2.37. The molecule has 0 bridgehead atoms. The van der Waals surface area contributed by atoms with E-state index in [2.05, 4.69) is 39.9 Å². The monoisotopic (exact) mass is 446 g/mol. The van der Waals surface area contributed by atoms with Gasteiger partial charge >= 0.3 is 0 Å². The lowest BCUT2D eigenvalue weighted by molar-refractivity contribution is -0.0184. The van der Waals surface area contributed by atoms with Crippen LogP contribution in [0.4, 0.5) is 0 Å². The zero-order chi connectivity index (χ0) is 21.5. The molecule has 0 unspecified atom stereocenters. The second-order valence-electron chi connectivity index (χ2n) is 9.82. The van der Waals surface area contributed by atoms with E-state index in [9.17, 15) is 13.5 Å². The molecule has 5 rings (SSSR count). The summed E-state index contributed by atoms with van der Waals surface area (Å²) >= 11 is 0. The van der Waals surface area contributed by atoms with E-state index in [0.29, 0.717) is 25.4 Å². The molecule has 2 aliphatic heterocycles. The summed E-state index contributed by atoms with van der Waals surface area (Å²) in [5.74, 6) is 1.19. The summed E-state index contributed by atoms with van der Waals surface area (Å²) < 4.78 is 32.2. The Hall–Kier alpha value is -1.57. The summed E-state index contributed by atoms with van der Waals surface area (Å²) in [6, 6.07) is 9.21. The number of rotatable bonds is 5. The van der Waals surface area contributed by atoms with Gasteiger partial charge in [0.25, 0.3) is 0 Å². The summed E-state index contributed by atoms with van der Waals surface area (Å²) in [4.78, 5) is 2.27. The van der Waals surface area contributed by atoms with Gasteiger partial charge in [-0.2, -0.15) is 0 Å². The van der Waals surface area contributed by atoms with Crippen molar-refractivity contribution in [2.75, 3.05) is 31.1 Å². The van der Waals surface area contributed by atoms with Gasteiger partial charge < -0.3 is 19.3 Å². The van der Waals surface area contributed by atoms with Gasteiger partial charge in [0.05, 0.1) is 22.6 Å². The molecule has 6 nitrogen and oxygen atoms in total. The average Bonchev–Trinajstić information content (AvgIpc) is 3.42. The minimum Gasteiger partial charge on any atom is -0.490 e. The van der Waals surface area contributed by atoms with Crippen LogP contribution in [0.3, 0.4) is 0 Å². The summed E-state index contributed by atoms with van der Waals surface area (Å²) in [6.07, 6.45) is 10.1. The molecular formula is C24H34N2O4S. The van der Waals surface area contributed by atoms with Crippen LogP contribution in [-0.2, 0) is 9.84 Å². The molecule has 2 aromatic rings. The van der Waals surface area contributed by atoms with Gasteiger partial charge in [0.15, 0.2) is 9.84 Å². The SMILES string of the molecule is O=S1(=O)CCC(O)(CN2CCC(Oc3cccc4c3ccn4C3CCCC3)CC2)CC1. The lowest BCUT2D eigenvalue weighted by atomic mass is 9.94. The Morgan fingerprint density at radius 2 is 1.74 bits per heavy atom. The van der Waals surface area contributed by atoms with E-state index in [0.717, 1.165) is 31.7 Å². The number of β-amino-alcohol motifs (C(OH)–C–C–N with tert-alkyl or cyclic N) is 1. The van der Waals surface area contributed by atoms with Crippen LogP contribution < -0.4 is 4.74 Å². The van der Waals surface area contributed by atoms with E-state index >= 15 is 0 Å². The first-order chi connectivity index (χ1) is 14.9. The van der Waals surface area contributed by atoms with Crippen molar-refractivity contribution in [3.05, 3.63) is 30.5 Å². The van der Waals surface area contributed by atoms with Gasteiger partial charge in [-0.05, 0) is 56.7 Å². The largest absolute Gasteiger partial charge is 0.490 e. The fourth-order valence-corrected chi connectivity index (χ4v) is 7.21. The van der Waals surface area contributed by atoms with Crippen LogP contribution in [0.15, 0.2) is 30.5 Å². The first kappa shape index (κ1) is 21.3. The van der Waals surface area contributed by atoms with Crippen LogP contribution >= 0.6 is 0 Å². The van der Waals surface area contributed by atoms with Crippen molar-refractivity contribution in [1.29, 1.82) is 0 Å². The Bertz CT molecular complexity index is 1000. The van der Waals surface area contributed by atoms with Crippen molar-refractivity contribution < 1.29 is 18.3 Å². The number of fused-ring (bicyclic) bond motifs is 1. The van der Waals surface area contributed by atoms with Crippen LogP contribution in [0, 0.1) is 0 Å². The molecule has 0 spiro atoms. The molecule has 1 saturated carbocycles. The van der Waals surface area contributed by atoms with Crippen molar-refractivity contribution in [3.63, 3.8) is 0 Å². The minimum atomic E-state index is -2.96. The molecule has 0 amide bonds. The zero-order valence-electron chi connectivity index (χ0n) is 18.2. The minimum absolute atomic E-state index is 0.105. The number of aliphatic hydroxyl groups is 1. The lowest BCUT2D eigenvalue weighted by Crippen LogP contribution is -2.50. The third kappa shape index (κ3) is 4.64. The van der Waals surface area contributed by atoms with Crippen LogP contribution in [0.1, 0.15) is 57.4 Å². The number of likely N-dealkylation sites (tertiary alicyclic amines) is 1. The number of hydrogen-bond donors (Lipinski definition) is 1. The molecule has 0 atom stereocenters. The third-order valence-corrected chi connectivity index (χ3v) is 9.20. The van der Waals surface area contributed by atoms with E-state index in [-0.39, 0.29) is 17.6 Å². The highest BCUT2D eigenvalue weighted by Crippen LogP contribution is 2.36. The maximum absolute atomic E-state index is 11.7. The van der Waals surface area contributed by atoms with Crippen molar-refractivity contribution in [2.45, 2.75) is 69.1 Å². The molecule has 3 aliphatic rings. The fourth-order valence-electron chi connectivity index (χ4n) is 5.62. The fraction of sp³-hybridized carbons (Fsp3) is 0.667. The van der Waals surface area contributed by atoms with Crippen LogP contribution in [-0.4, -0.2) is 65.8 Å². The second kappa shape index (κ2) is 8.41. The van der Waals surface area contributed by atoms with Gasteiger partial charge in [-0.3, -0.25) is 0 Å². The van der Waals surface area contributed by atoms with E-state index in [1.54, 1.807) is 0 Å². The van der Waals surface area contributed by atoms with Crippen molar-refractivity contribution in [2.24, 2.45) is 0 Å². The van der Waals surface area contributed by atoms with Gasteiger partial charge in [-0.15, -0.1) is 0 Å². The molecule has 3 heterocycles. The van der Waals surface area contributed by atoms with Crippen LogP contribution in [0.25, 0.3) is 10.9 Å². The maximum Gasteiger partial charge on any atom is 0.150 e. The Labute approximate surface area is 185 Å². The summed E-state index contributed by atoms with van der Waals surface area (Å²) in [7, 11) is -2.96. The summed E-state index contributed by atoms with van der Waals surface area (Å²) in [5, 5.41) is 12.0. The molecule has 1 aromatic carbocycles. The Morgan fingerprint density at radius 3 is 2.45 bits per heavy atom. The number of aromatic nitrogens is 1. The molecule has 1 aromatic heterocycles. The molecule has 3 fully saturated rings. The van der Waals surface area contributed by atoms with E-state index in [4.69, 9.17) is 4.74 Å². The normalized spacial score (nSPS) is 25.2. The molecule has 2 saturated heterocycles. The van der Waals surface area contributed by atoms with Crippen molar-refractivity contribution >= 4 is 20.7 Å². The number of hydrogen-bond acceptors (Lipinski definition) is 5. The average molecular weight is 447 g/mol. The molecule has 0 radical (unpaired) electrons. The standard InChI is InChI=1S/C24H34N2O4S/c27-24(11-16-31(28,29)17-12-24)18-25-13-8-20(9-14-25)30-23-7-3-6-22-21(23)10-15-26(22)19-4-1-2-5-19/h3,6-7,10,15,19-20,27H,1-2,4-5,8-9,11-14,16-18H2. The smallest absolute Gasteiger partial charge is 0.150 e. The maximum atomic E-state index is 11.7. The molecule has 7 heteroatoms. The molecular weight excluding hydrogens is 412 g/mol. The number of sulfone groups is 1. The number of nitrogens with zero attached hydrogens (tertiary/aromatic N) is 2. The van der Waals surface area contributed by atoms with Gasteiger partial charge in [-0.25, -0.2) is 8.42 Å². The molecule has 31 heavy (non-hydrogen) atoms. The number of ether oxygens (including phenoxy) is 1. The van der Waals surface area contributed by atoms with Crippen molar-refractivity contribution in [1.82, 2.24) is 9.47 Å². The van der Waals surface area contributed by atoms with Gasteiger partial charge in [-0.1, -0.05) is 18.9 Å².